The second-order valence-electron chi connectivity index (χ2n) is 4.47. The highest BCUT2D eigenvalue weighted by Crippen LogP contribution is 2.18. The zero-order chi connectivity index (χ0) is 10.7. The molecule has 0 spiro atoms. The van der Waals surface area contributed by atoms with Crippen molar-refractivity contribution in [3.05, 3.63) is 0 Å². The number of nitrogens with zero attached hydrogens (tertiary/aromatic N) is 2. The third kappa shape index (κ3) is 2.69. The van der Waals surface area contributed by atoms with Gasteiger partial charge in [0.2, 0.25) is 0 Å². The lowest BCUT2D eigenvalue weighted by Crippen LogP contribution is -2.43. The van der Waals surface area contributed by atoms with Gasteiger partial charge >= 0.3 is 0 Å². The maximum Gasteiger partial charge on any atom is 0.0917 e. The first-order valence-electron chi connectivity index (χ1n) is 5.66. The second-order valence-corrected chi connectivity index (χ2v) is 4.47. The van der Waals surface area contributed by atoms with Gasteiger partial charge in [0.25, 0.3) is 0 Å². The molecule has 0 radical (unpaired) electrons. The summed E-state index contributed by atoms with van der Waals surface area (Å²) in [6.45, 7) is 7.64. The zero-order valence-electron chi connectivity index (χ0n) is 10.2. The number of hydrogen-bond acceptors (Lipinski definition) is 3. The van der Waals surface area contributed by atoms with Crippen LogP contribution in [-0.4, -0.2) is 48.8 Å². The lowest BCUT2D eigenvalue weighted by atomic mass is 10.1. The molecule has 1 fully saturated rings. The van der Waals surface area contributed by atoms with E-state index < -0.39 is 0 Å². The fraction of sp³-hybridized carbons (Fsp3) is 1.00. The van der Waals surface area contributed by atoms with Crippen molar-refractivity contribution >= 4 is 0 Å². The van der Waals surface area contributed by atoms with Gasteiger partial charge in [-0.3, -0.25) is 9.74 Å². The van der Waals surface area contributed by atoms with Crippen LogP contribution in [0.1, 0.15) is 33.6 Å². The molecule has 3 heteroatoms. The first-order chi connectivity index (χ1) is 6.56. The van der Waals surface area contributed by atoms with E-state index in [2.05, 4.69) is 32.7 Å². The predicted molar refractivity (Wildman–Crippen MR) is 59.1 cm³/mol. The van der Waals surface area contributed by atoms with E-state index in [4.69, 9.17) is 4.84 Å². The molecule has 1 saturated heterocycles. The van der Waals surface area contributed by atoms with Gasteiger partial charge < -0.3 is 0 Å². The van der Waals surface area contributed by atoms with Crippen LogP contribution >= 0.6 is 0 Å². The topological polar surface area (TPSA) is 15.7 Å². The molecule has 0 aliphatic carbocycles. The van der Waals surface area contributed by atoms with Crippen LogP contribution in [0, 0.1) is 0 Å². The largest absolute Gasteiger partial charge is 0.297 e. The van der Waals surface area contributed by atoms with Gasteiger partial charge in [-0.2, -0.15) is 5.06 Å². The summed E-state index contributed by atoms with van der Waals surface area (Å²) in [6.07, 6.45) is 2.78. The average molecular weight is 200 g/mol. The normalized spacial score (nSPS) is 37.1. The first kappa shape index (κ1) is 12.0. The Morgan fingerprint density at radius 2 is 1.93 bits per heavy atom. The fourth-order valence-corrected chi connectivity index (χ4v) is 2.13. The molecule has 3 unspecified atom stereocenters. The molecular formula is C11H24N2O. The van der Waals surface area contributed by atoms with Gasteiger partial charge in [-0.05, 0) is 27.3 Å². The summed E-state index contributed by atoms with van der Waals surface area (Å²) in [4.78, 5) is 8.22. The molecule has 1 heterocycles. The van der Waals surface area contributed by atoms with Gasteiger partial charge in [-0.15, -0.1) is 0 Å². The zero-order valence-corrected chi connectivity index (χ0v) is 10.2. The van der Waals surface area contributed by atoms with Crippen molar-refractivity contribution in [1.82, 2.24) is 9.96 Å². The van der Waals surface area contributed by atoms with E-state index in [1.807, 2.05) is 12.1 Å². The van der Waals surface area contributed by atoms with Gasteiger partial charge in [-0.25, -0.2) is 0 Å². The van der Waals surface area contributed by atoms with Crippen molar-refractivity contribution < 1.29 is 4.84 Å². The summed E-state index contributed by atoms with van der Waals surface area (Å²) in [5, 5.41) is 1.99. The summed E-state index contributed by atoms with van der Waals surface area (Å²) in [5.74, 6) is 0. The minimum absolute atomic E-state index is 0.284. The van der Waals surface area contributed by atoms with Gasteiger partial charge in [0, 0.05) is 25.7 Å². The highest BCUT2D eigenvalue weighted by molar-refractivity contribution is 4.81. The molecule has 0 N–H and O–H groups in total. The summed E-state index contributed by atoms with van der Waals surface area (Å²) in [7, 11) is 4.25. The van der Waals surface area contributed by atoms with Crippen LogP contribution < -0.4 is 0 Å². The number of likely N-dealkylation sites (N-methyl/N-ethyl adjacent to an activating group) is 2. The van der Waals surface area contributed by atoms with E-state index in [-0.39, 0.29) is 6.10 Å². The second kappa shape index (κ2) is 5.10. The molecule has 0 aromatic carbocycles. The van der Waals surface area contributed by atoms with E-state index in [9.17, 15) is 0 Å². The lowest BCUT2D eigenvalue weighted by Gasteiger charge is -2.31. The molecule has 3 atom stereocenters. The van der Waals surface area contributed by atoms with Crippen LogP contribution in [0.3, 0.4) is 0 Å². The summed E-state index contributed by atoms with van der Waals surface area (Å²) < 4.78 is 0. The number of hydroxylamine groups is 2. The van der Waals surface area contributed by atoms with Crippen molar-refractivity contribution in [3.63, 3.8) is 0 Å². The Labute approximate surface area is 88.0 Å². The maximum absolute atomic E-state index is 5.76. The molecule has 1 aliphatic heterocycles. The van der Waals surface area contributed by atoms with Gasteiger partial charge in [0.15, 0.2) is 0 Å². The van der Waals surface area contributed by atoms with Crippen LogP contribution in [0.5, 0.6) is 0 Å². The Balaban J connectivity index is 2.66. The quantitative estimate of drug-likeness (QED) is 0.675. The van der Waals surface area contributed by atoms with Gasteiger partial charge in [-0.1, -0.05) is 13.3 Å². The van der Waals surface area contributed by atoms with E-state index in [0.717, 1.165) is 6.54 Å². The van der Waals surface area contributed by atoms with Crippen molar-refractivity contribution in [2.75, 3.05) is 20.6 Å². The van der Waals surface area contributed by atoms with Gasteiger partial charge in [0.05, 0.1) is 6.10 Å². The van der Waals surface area contributed by atoms with Crippen LogP contribution in [0.15, 0.2) is 0 Å². The highest BCUT2D eigenvalue weighted by Gasteiger charge is 2.29. The summed E-state index contributed by atoms with van der Waals surface area (Å²) >= 11 is 0. The number of rotatable bonds is 2. The minimum Gasteiger partial charge on any atom is -0.297 e. The third-order valence-electron chi connectivity index (χ3n) is 3.33. The average Bonchev–Trinajstić information content (AvgIpc) is 2.21. The molecule has 0 bridgehead atoms. The van der Waals surface area contributed by atoms with Crippen molar-refractivity contribution in [2.45, 2.75) is 51.8 Å². The predicted octanol–water partition coefficient (Wildman–Crippen LogP) is 1.74. The fourth-order valence-electron chi connectivity index (χ4n) is 2.13. The Hall–Kier alpha value is -0.120. The molecule has 0 amide bonds. The molecule has 3 nitrogen and oxygen atoms in total. The molecule has 84 valence electrons. The van der Waals surface area contributed by atoms with Crippen LogP contribution in [-0.2, 0) is 4.84 Å². The van der Waals surface area contributed by atoms with E-state index in [1.54, 1.807) is 0 Å². The lowest BCUT2D eigenvalue weighted by molar-refractivity contribution is -0.172. The van der Waals surface area contributed by atoms with Crippen LogP contribution in [0.4, 0.5) is 0 Å². The molecule has 1 aliphatic rings. The minimum atomic E-state index is 0.284. The Morgan fingerprint density at radius 1 is 1.29 bits per heavy atom. The van der Waals surface area contributed by atoms with E-state index >= 15 is 0 Å². The monoisotopic (exact) mass is 200 g/mol. The van der Waals surface area contributed by atoms with Gasteiger partial charge in [0.1, 0.15) is 0 Å². The summed E-state index contributed by atoms with van der Waals surface area (Å²) in [5.41, 5.74) is 0. The smallest absolute Gasteiger partial charge is 0.0917 e. The molecule has 0 aromatic rings. The van der Waals surface area contributed by atoms with Crippen molar-refractivity contribution in [3.8, 4) is 0 Å². The van der Waals surface area contributed by atoms with Crippen LogP contribution in [0.25, 0.3) is 0 Å². The molecule has 0 aromatic heterocycles. The maximum atomic E-state index is 5.76. The summed E-state index contributed by atoms with van der Waals surface area (Å²) in [6, 6.07) is 1.13. The van der Waals surface area contributed by atoms with Crippen LogP contribution in [0.2, 0.25) is 0 Å². The number of hydrogen-bond donors (Lipinski definition) is 0. The molecular weight excluding hydrogens is 176 g/mol. The SMILES string of the molecule is CCCC1CN(C)OC(C)C(C)N1C. The first-order valence-corrected chi connectivity index (χ1v) is 5.66. The van der Waals surface area contributed by atoms with E-state index in [0.29, 0.717) is 12.1 Å². The standard InChI is InChI=1S/C11H24N2O/c1-6-7-11-8-12(4)14-10(3)9(2)13(11)5/h9-11H,6-8H2,1-5H3. The molecule has 1 rings (SSSR count). The molecule has 14 heavy (non-hydrogen) atoms. The Bertz CT molecular complexity index is 175. The Morgan fingerprint density at radius 3 is 2.50 bits per heavy atom. The van der Waals surface area contributed by atoms with Crippen molar-refractivity contribution in [1.29, 1.82) is 0 Å². The Kier molecular flexibility index (Phi) is 4.35. The van der Waals surface area contributed by atoms with E-state index in [1.165, 1.54) is 12.8 Å². The highest BCUT2D eigenvalue weighted by atomic mass is 16.7. The third-order valence-corrected chi connectivity index (χ3v) is 3.33. The molecule has 0 saturated carbocycles. The van der Waals surface area contributed by atoms with Crippen molar-refractivity contribution in [2.24, 2.45) is 0 Å².